The fraction of sp³-hybridized carbons (Fsp3) is 0.409. The van der Waals surface area contributed by atoms with E-state index in [1.807, 2.05) is 30.1 Å². The van der Waals surface area contributed by atoms with Crippen LogP contribution in [-0.4, -0.2) is 38.4 Å². The quantitative estimate of drug-likeness (QED) is 0.651. The van der Waals surface area contributed by atoms with Gasteiger partial charge in [0.25, 0.3) is 0 Å². The topological polar surface area (TPSA) is 63.1 Å². The number of carbonyl (C=O) groups is 1. The maximum atomic E-state index is 12.6. The van der Waals surface area contributed by atoms with Crippen molar-refractivity contribution in [2.45, 2.75) is 39.4 Å². The number of carbonyl (C=O) groups excluding carboxylic acids is 1. The second kappa shape index (κ2) is 9.33. The Kier molecular flexibility index (Phi) is 6.36. The lowest BCUT2D eigenvalue weighted by Gasteiger charge is -2.30. The summed E-state index contributed by atoms with van der Waals surface area (Å²) in [7, 11) is 0. The molecule has 3 aromatic rings. The van der Waals surface area contributed by atoms with Gasteiger partial charge in [0.05, 0.1) is 17.0 Å². The van der Waals surface area contributed by atoms with Gasteiger partial charge < -0.3 is 9.88 Å². The Morgan fingerprint density at radius 2 is 2.07 bits per heavy atom. The maximum absolute atomic E-state index is 12.6. The molecule has 1 aliphatic rings. The van der Waals surface area contributed by atoms with E-state index in [2.05, 4.69) is 43.8 Å². The van der Waals surface area contributed by atoms with Gasteiger partial charge in [-0.3, -0.25) is 9.69 Å². The normalized spacial score (nSPS) is 15.5. The Hall–Kier alpha value is -2.51. The molecule has 3 heterocycles. The monoisotopic (exact) mass is 409 g/mol. The number of aromatic nitrogens is 3. The summed E-state index contributed by atoms with van der Waals surface area (Å²) < 4.78 is 2.04. The van der Waals surface area contributed by atoms with Crippen LogP contribution in [0.1, 0.15) is 34.7 Å². The van der Waals surface area contributed by atoms with Crippen LogP contribution in [0.2, 0.25) is 0 Å². The highest BCUT2D eigenvalue weighted by atomic mass is 32.1. The molecule has 1 saturated heterocycles. The van der Waals surface area contributed by atoms with Crippen molar-refractivity contribution in [3.05, 3.63) is 70.2 Å². The molecule has 1 aromatic carbocycles. The molecule has 0 spiro atoms. The summed E-state index contributed by atoms with van der Waals surface area (Å²) in [5.74, 6) is 0.284. The number of nitrogens with one attached hydrogen (secondary N) is 1. The number of piperidine rings is 1. The van der Waals surface area contributed by atoms with Gasteiger partial charge >= 0.3 is 0 Å². The van der Waals surface area contributed by atoms with E-state index < -0.39 is 0 Å². The molecule has 0 aliphatic carbocycles. The Balaban J connectivity index is 1.23. The van der Waals surface area contributed by atoms with E-state index in [9.17, 15) is 4.79 Å². The minimum atomic E-state index is 0.109. The molecule has 1 N–H and O–H groups in total. The second-order valence-corrected chi connectivity index (χ2v) is 8.74. The third-order valence-corrected chi connectivity index (χ3v) is 6.22. The first-order chi connectivity index (χ1) is 14.2. The molecule has 6 nitrogen and oxygen atoms in total. The molecule has 1 fully saturated rings. The predicted octanol–water partition coefficient (Wildman–Crippen LogP) is 3.22. The number of amides is 1. The summed E-state index contributed by atoms with van der Waals surface area (Å²) in [6.07, 6.45) is 7.38. The van der Waals surface area contributed by atoms with E-state index in [4.69, 9.17) is 0 Å². The molecule has 0 radical (unpaired) electrons. The van der Waals surface area contributed by atoms with Crippen LogP contribution in [0, 0.1) is 12.8 Å². The molecular weight excluding hydrogens is 382 g/mol. The Morgan fingerprint density at radius 3 is 2.79 bits per heavy atom. The number of rotatable bonds is 7. The summed E-state index contributed by atoms with van der Waals surface area (Å²) >= 11 is 1.70. The number of aryl methyl sites for hydroxylation is 1. The Labute approximate surface area is 175 Å². The fourth-order valence-electron chi connectivity index (χ4n) is 3.83. The summed E-state index contributed by atoms with van der Waals surface area (Å²) in [5, 5.41) is 6.38. The predicted molar refractivity (Wildman–Crippen MR) is 114 cm³/mol. The van der Waals surface area contributed by atoms with Crippen LogP contribution >= 0.6 is 11.3 Å². The Bertz CT molecular complexity index is 928. The van der Waals surface area contributed by atoms with Crippen LogP contribution in [0.15, 0.2) is 48.4 Å². The summed E-state index contributed by atoms with van der Waals surface area (Å²) in [5.41, 5.74) is 3.48. The van der Waals surface area contributed by atoms with E-state index in [1.165, 1.54) is 5.56 Å². The molecule has 0 saturated carbocycles. The number of likely N-dealkylation sites (tertiary alicyclic amines) is 1. The van der Waals surface area contributed by atoms with Crippen LogP contribution in [0.5, 0.6) is 0 Å². The molecule has 7 heteroatoms. The van der Waals surface area contributed by atoms with Crippen molar-refractivity contribution >= 4 is 17.2 Å². The minimum Gasteiger partial charge on any atom is -0.352 e. The minimum absolute atomic E-state index is 0.109. The van der Waals surface area contributed by atoms with Crippen LogP contribution in [0.4, 0.5) is 0 Å². The molecule has 1 amide bonds. The highest BCUT2D eigenvalue weighted by molar-refractivity contribution is 7.09. The standard InChI is InChI=1S/C22H27N5OS/c1-17-25-21(15-29-17)14-26-8-5-20(6-9-26)22(28)24-12-18-3-2-4-19(11-18)13-27-10-7-23-16-27/h2-4,7,10-11,15-16,20H,5-6,8-9,12-14H2,1H3,(H,24,28). The third kappa shape index (κ3) is 5.52. The van der Waals surface area contributed by atoms with E-state index in [0.29, 0.717) is 6.54 Å². The third-order valence-electron chi connectivity index (χ3n) is 5.39. The highest BCUT2D eigenvalue weighted by Crippen LogP contribution is 2.20. The molecular formula is C22H27N5OS. The van der Waals surface area contributed by atoms with E-state index in [-0.39, 0.29) is 11.8 Å². The first-order valence-corrected chi connectivity index (χ1v) is 11.0. The lowest BCUT2D eigenvalue weighted by atomic mass is 9.95. The fourth-order valence-corrected chi connectivity index (χ4v) is 4.43. The number of hydrogen-bond donors (Lipinski definition) is 1. The van der Waals surface area contributed by atoms with Crippen LogP contribution in [0.25, 0.3) is 0 Å². The van der Waals surface area contributed by atoms with Gasteiger partial charge in [-0.05, 0) is 44.0 Å². The molecule has 29 heavy (non-hydrogen) atoms. The number of benzene rings is 1. The largest absolute Gasteiger partial charge is 0.352 e. The van der Waals surface area contributed by atoms with Crippen molar-refractivity contribution in [2.75, 3.05) is 13.1 Å². The number of imidazole rings is 1. The molecule has 152 valence electrons. The lowest BCUT2D eigenvalue weighted by Crippen LogP contribution is -2.40. The number of hydrogen-bond acceptors (Lipinski definition) is 5. The van der Waals surface area contributed by atoms with Gasteiger partial charge in [0, 0.05) is 43.3 Å². The highest BCUT2D eigenvalue weighted by Gasteiger charge is 2.25. The molecule has 1 aliphatic heterocycles. The van der Waals surface area contributed by atoms with Crippen LogP contribution in [-0.2, 0) is 24.4 Å². The summed E-state index contributed by atoms with van der Waals surface area (Å²) in [4.78, 5) is 23.7. The van der Waals surface area contributed by atoms with Gasteiger partial charge in [-0.25, -0.2) is 9.97 Å². The first-order valence-electron chi connectivity index (χ1n) is 10.1. The zero-order valence-electron chi connectivity index (χ0n) is 16.8. The van der Waals surface area contributed by atoms with E-state index >= 15 is 0 Å². The average molecular weight is 410 g/mol. The van der Waals surface area contributed by atoms with Gasteiger partial charge in [0.1, 0.15) is 0 Å². The van der Waals surface area contributed by atoms with Gasteiger partial charge in [-0.1, -0.05) is 24.3 Å². The van der Waals surface area contributed by atoms with Crippen molar-refractivity contribution in [2.24, 2.45) is 5.92 Å². The first kappa shape index (κ1) is 19.8. The van der Waals surface area contributed by atoms with E-state index in [1.54, 1.807) is 17.5 Å². The zero-order chi connectivity index (χ0) is 20.1. The van der Waals surface area contributed by atoms with Crippen molar-refractivity contribution in [1.82, 2.24) is 24.8 Å². The van der Waals surface area contributed by atoms with Crippen molar-refractivity contribution in [3.8, 4) is 0 Å². The van der Waals surface area contributed by atoms with Crippen molar-refractivity contribution < 1.29 is 4.79 Å². The maximum Gasteiger partial charge on any atom is 0.223 e. The number of nitrogens with zero attached hydrogens (tertiary/aromatic N) is 4. The van der Waals surface area contributed by atoms with Crippen molar-refractivity contribution in [3.63, 3.8) is 0 Å². The SMILES string of the molecule is Cc1nc(CN2CCC(C(=O)NCc3cccc(Cn4ccnc4)c3)CC2)cs1. The van der Waals surface area contributed by atoms with Gasteiger partial charge in [-0.2, -0.15) is 0 Å². The number of thiazole rings is 1. The van der Waals surface area contributed by atoms with Gasteiger partial charge in [-0.15, -0.1) is 11.3 Å². The van der Waals surface area contributed by atoms with E-state index in [0.717, 1.165) is 55.3 Å². The molecule has 0 unspecified atom stereocenters. The Morgan fingerprint density at radius 1 is 1.24 bits per heavy atom. The second-order valence-electron chi connectivity index (χ2n) is 7.68. The van der Waals surface area contributed by atoms with Crippen LogP contribution < -0.4 is 5.32 Å². The summed E-state index contributed by atoms with van der Waals surface area (Å²) in [6, 6.07) is 8.37. The molecule has 0 atom stereocenters. The molecule has 4 rings (SSSR count). The van der Waals surface area contributed by atoms with Crippen molar-refractivity contribution in [1.29, 1.82) is 0 Å². The molecule has 2 aromatic heterocycles. The average Bonchev–Trinajstić information content (AvgIpc) is 3.39. The van der Waals surface area contributed by atoms with Gasteiger partial charge in [0.2, 0.25) is 5.91 Å². The zero-order valence-corrected chi connectivity index (χ0v) is 17.6. The molecule has 0 bridgehead atoms. The van der Waals surface area contributed by atoms with Crippen LogP contribution in [0.3, 0.4) is 0 Å². The summed E-state index contributed by atoms with van der Waals surface area (Å²) in [6.45, 7) is 6.21. The smallest absolute Gasteiger partial charge is 0.223 e. The lowest BCUT2D eigenvalue weighted by molar-refractivity contribution is -0.126. The van der Waals surface area contributed by atoms with Gasteiger partial charge in [0.15, 0.2) is 0 Å².